The Morgan fingerprint density at radius 3 is 2.43 bits per heavy atom. The molecule has 0 radical (unpaired) electrons. The van der Waals surface area contributed by atoms with Crippen LogP contribution < -0.4 is 5.73 Å². The highest BCUT2D eigenvalue weighted by molar-refractivity contribution is 4.77. The Bertz CT molecular complexity index is 153. The first-order chi connectivity index (χ1) is 6.61. The molecule has 0 bridgehead atoms. The van der Waals surface area contributed by atoms with Gasteiger partial charge in [-0.1, -0.05) is 13.8 Å². The SMILES string of the molecule is COCC(N)CN1CC(C)CC(C)C1. The lowest BCUT2D eigenvalue weighted by molar-refractivity contribution is 0.108. The van der Waals surface area contributed by atoms with Crippen LogP contribution in [0.3, 0.4) is 0 Å². The van der Waals surface area contributed by atoms with E-state index in [1.807, 2.05) is 0 Å². The van der Waals surface area contributed by atoms with Crippen LogP contribution in [0.5, 0.6) is 0 Å². The van der Waals surface area contributed by atoms with Crippen molar-refractivity contribution in [3.05, 3.63) is 0 Å². The Balaban J connectivity index is 2.29. The molecule has 0 aromatic carbocycles. The number of nitrogens with two attached hydrogens (primary N) is 1. The Morgan fingerprint density at radius 1 is 1.36 bits per heavy atom. The second kappa shape index (κ2) is 5.69. The summed E-state index contributed by atoms with van der Waals surface area (Å²) in [5, 5.41) is 0. The molecule has 0 aliphatic carbocycles. The minimum Gasteiger partial charge on any atom is -0.383 e. The van der Waals surface area contributed by atoms with Gasteiger partial charge in [0, 0.05) is 32.8 Å². The molecule has 1 heterocycles. The van der Waals surface area contributed by atoms with Gasteiger partial charge >= 0.3 is 0 Å². The number of likely N-dealkylation sites (tertiary alicyclic amines) is 1. The van der Waals surface area contributed by atoms with Gasteiger partial charge in [0.25, 0.3) is 0 Å². The fourth-order valence-electron chi connectivity index (χ4n) is 2.54. The van der Waals surface area contributed by atoms with Crippen molar-refractivity contribution in [1.82, 2.24) is 4.90 Å². The van der Waals surface area contributed by atoms with Crippen LogP contribution in [0.4, 0.5) is 0 Å². The molecule has 1 aliphatic heterocycles. The highest BCUT2D eigenvalue weighted by Gasteiger charge is 2.22. The zero-order valence-electron chi connectivity index (χ0n) is 9.70. The first kappa shape index (κ1) is 12.0. The molecule has 3 nitrogen and oxygen atoms in total. The highest BCUT2D eigenvalue weighted by Crippen LogP contribution is 2.20. The first-order valence-corrected chi connectivity index (χ1v) is 5.58. The fourth-order valence-corrected chi connectivity index (χ4v) is 2.54. The third-order valence-corrected chi connectivity index (χ3v) is 2.82. The van der Waals surface area contributed by atoms with Gasteiger partial charge < -0.3 is 15.4 Å². The molecule has 3 unspecified atom stereocenters. The molecule has 3 atom stereocenters. The van der Waals surface area contributed by atoms with E-state index in [1.165, 1.54) is 19.5 Å². The molecule has 0 aromatic rings. The molecule has 0 spiro atoms. The van der Waals surface area contributed by atoms with E-state index in [0.717, 1.165) is 18.4 Å². The highest BCUT2D eigenvalue weighted by atomic mass is 16.5. The summed E-state index contributed by atoms with van der Waals surface area (Å²) in [6.45, 7) is 8.68. The third kappa shape index (κ3) is 3.95. The molecule has 1 saturated heterocycles. The zero-order chi connectivity index (χ0) is 10.6. The minimum absolute atomic E-state index is 0.164. The molecule has 1 fully saturated rings. The number of rotatable bonds is 4. The van der Waals surface area contributed by atoms with Gasteiger partial charge in [0.05, 0.1) is 6.61 Å². The molecule has 2 N–H and O–H groups in total. The molecule has 84 valence electrons. The average molecular weight is 200 g/mol. The van der Waals surface area contributed by atoms with Crippen LogP contribution in [0.25, 0.3) is 0 Å². The summed E-state index contributed by atoms with van der Waals surface area (Å²) in [5.41, 5.74) is 5.94. The number of methoxy groups -OCH3 is 1. The average Bonchev–Trinajstić information content (AvgIpc) is 2.01. The Kier molecular flexibility index (Phi) is 4.85. The van der Waals surface area contributed by atoms with Crippen LogP contribution in [0.2, 0.25) is 0 Å². The monoisotopic (exact) mass is 200 g/mol. The van der Waals surface area contributed by atoms with E-state index in [-0.39, 0.29) is 6.04 Å². The number of piperidine rings is 1. The smallest absolute Gasteiger partial charge is 0.0626 e. The number of nitrogens with zero attached hydrogens (tertiary/aromatic N) is 1. The van der Waals surface area contributed by atoms with Gasteiger partial charge in [-0.05, 0) is 18.3 Å². The topological polar surface area (TPSA) is 38.5 Å². The van der Waals surface area contributed by atoms with Crippen LogP contribution in [0, 0.1) is 11.8 Å². The van der Waals surface area contributed by atoms with Gasteiger partial charge in [0.1, 0.15) is 0 Å². The predicted molar refractivity (Wildman–Crippen MR) is 59.2 cm³/mol. The summed E-state index contributed by atoms with van der Waals surface area (Å²) >= 11 is 0. The summed E-state index contributed by atoms with van der Waals surface area (Å²) in [6, 6.07) is 0.164. The molecule has 14 heavy (non-hydrogen) atoms. The van der Waals surface area contributed by atoms with Gasteiger partial charge in [-0.15, -0.1) is 0 Å². The zero-order valence-corrected chi connectivity index (χ0v) is 9.70. The predicted octanol–water partition coefficient (Wildman–Crippen LogP) is 0.938. The molecule has 3 heteroatoms. The minimum atomic E-state index is 0.164. The fraction of sp³-hybridized carbons (Fsp3) is 1.00. The van der Waals surface area contributed by atoms with Crippen molar-refractivity contribution in [2.75, 3.05) is 33.4 Å². The van der Waals surface area contributed by atoms with Crippen molar-refractivity contribution in [3.63, 3.8) is 0 Å². The normalized spacial score (nSPS) is 31.7. The first-order valence-electron chi connectivity index (χ1n) is 5.58. The Labute approximate surface area is 87.6 Å². The van der Waals surface area contributed by atoms with E-state index in [2.05, 4.69) is 18.7 Å². The van der Waals surface area contributed by atoms with Crippen molar-refractivity contribution >= 4 is 0 Å². The van der Waals surface area contributed by atoms with Crippen molar-refractivity contribution in [3.8, 4) is 0 Å². The third-order valence-electron chi connectivity index (χ3n) is 2.82. The summed E-state index contributed by atoms with van der Waals surface area (Å²) in [5.74, 6) is 1.63. The van der Waals surface area contributed by atoms with Crippen LogP contribution in [0.15, 0.2) is 0 Å². The number of ether oxygens (including phenoxy) is 1. The largest absolute Gasteiger partial charge is 0.383 e. The lowest BCUT2D eigenvalue weighted by Gasteiger charge is -2.36. The maximum absolute atomic E-state index is 5.94. The summed E-state index contributed by atoms with van der Waals surface area (Å²) in [6.07, 6.45) is 1.36. The van der Waals surface area contributed by atoms with Gasteiger partial charge in [0.2, 0.25) is 0 Å². The van der Waals surface area contributed by atoms with Crippen LogP contribution in [-0.2, 0) is 4.74 Å². The van der Waals surface area contributed by atoms with Crippen LogP contribution in [-0.4, -0.2) is 44.3 Å². The van der Waals surface area contributed by atoms with Crippen molar-refractivity contribution in [2.45, 2.75) is 26.3 Å². The van der Waals surface area contributed by atoms with E-state index in [4.69, 9.17) is 10.5 Å². The van der Waals surface area contributed by atoms with Gasteiger partial charge in [-0.3, -0.25) is 0 Å². The molecular weight excluding hydrogens is 176 g/mol. The van der Waals surface area contributed by atoms with Crippen molar-refractivity contribution in [1.29, 1.82) is 0 Å². The summed E-state index contributed by atoms with van der Waals surface area (Å²) < 4.78 is 5.05. The van der Waals surface area contributed by atoms with E-state index < -0.39 is 0 Å². The van der Waals surface area contributed by atoms with Gasteiger partial charge in [0.15, 0.2) is 0 Å². The number of hydrogen-bond donors (Lipinski definition) is 1. The summed E-state index contributed by atoms with van der Waals surface area (Å²) in [4.78, 5) is 2.47. The van der Waals surface area contributed by atoms with E-state index in [9.17, 15) is 0 Å². The van der Waals surface area contributed by atoms with E-state index in [0.29, 0.717) is 6.61 Å². The molecule has 0 amide bonds. The maximum Gasteiger partial charge on any atom is 0.0626 e. The molecular formula is C11H24N2O. The second-order valence-corrected chi connectivity index (χ2v) is 4.88. The maximum atomic E-state index is 5.94. The Morgan fingerprint density at radius 2 is 1.93 bits per heavy atom. The number of hydrogen-bond acceptors (Lipinski definition) is 3. The molecule has 1 rings (SSSR count). The second-order valence-electron chi connectivity index (χ2n) is 4.88. The van der Waals surface area contributed by atoms with Crippen LogP contribution >= 0.6 is 0 Å². The van der Waals surface area contributed by atoms with Crippen LogP contribution in [0.1, 0.15) is 20.3 Å². The quantitative estimate of drug-likeness (QED) is 0.734. The Hall–Kier alpha value is -0.120. The molecule has 0 saturated carbocycles. The van der Waals surface area contributed by atoms with Crippen molar-refractivity contribution in [2.24, 2.45) is 17.6 Å². The lowest BCUT2D eigenvalue weighted by Crippen LogP contribution is -2.46. The standard InChI is InChI=1S/C11H24N2O/c1-9-4-10(2)6-13(5-9)7-11(12)8-14-3/h9-11H,4-8,12H2,1-3H3. The van der Waals surface area contributed by atoms with Gasteiger partial charge in [-0.25, -0.2) is 0 Å². The molecule has 0 aromatic heterocycles. The van der Waals surface area contributed by atoms with Gasteiger partial charge in [-0.2, -0.15) is 0 Å². The molecule has 1 aliphatic rings. The lowest BCUT2D eigenvalue weighted by atomic mass is 9.92. The van der Waals surface area contributed by atoms with E-state index >= 15 is 0 Å². The van der Waals surface area contributed by atoms with E-state index in [1.54, 1.807) is 7.11 Å². The van der Waals surface area contributed by atoms with Crippen molar-refractivity contribution < 1.29 is 4.74 Å². The summed E-state index contributed by atoms with van der Waals surface area (Å²) in [7, 11) is 1.71.